The van der Waals surface area contributed by atoms with Crippen molar-refractivity contribution in [1.82, 2.24) is 0 Å². The normalized spacial score (nSPS) is 19.8. The second kappa shape index (κ2) is 7.87. The second-order valence-corrected chi connectivity index (χ2v) is 7.02. The zero-order chi connectivity index (χ0) is 19.5. The van der Waals surface area contributed by atoms with Crippen LogP contribution in [0.25, 0.3) is 0 Å². The first-order valence-corrected chi connectivity index (χ1v) is 9.44. The fraction of sp³-hybridized carbons (Fsp3) is 0.208. The number of para-hydroxylation sites is 1. The first kappa shape index (κ1) is 18.3. The summed E-state index contributed by atoms with van der Waals surface area (Å²) in [6, 6.07) is 26.8. The summed E-state index contributed by atoms with van der Waals surface area (Å²) in [6.45, 7) is 0. The largest absolute Gasteiger partial charge is 0.497 e. The van der Waals surface area contributed by atoms with Gasteiger partial charge in [0.1, 0.15) is 5.75 Å². The van der Waals surface area contributed by atoms with E-state index in [0.717, 1.165) is 22.6 Å². The van der Waals surface area contributed by atoms with Crippen LogP contribution in [0.1, 0.15) is 29.6 Å². The standard InChI is InChI=1S/C24H23NO3/c1-28-20-14-12-18(13-15-20)23-21(16-22(26)17-8-4-2-5-9-17)25(24(23)27)19-10-6-3-7-11-19/h2-15,21-23,26H,16H2,1H3/t21-,22+,23+/m0/s1. The van der Waals surface area contributed by atoms with Gasteiger partial charge >= 0.3 is 0 Å². The number of carbonyl (C=O) groups is 1. The molecule has 1 aliphatic heterocycles. The van der Waals surface area contributed by atoms with Crippen molar-refractivity contribution in [3.8, 4) is 5.75 Å². The number of benzene rings is 3. The van der Waals surface area contributed by atoms with E-state index in [2.05, 4.69) is 0 Å². The summed E-state index contributed by atoms with van der Waals surface area (Å²) in [4.78, 5) is 14.9. The van der Waals surface area contributed by atoms with Gasteiger partial charge in [0.25, 0.3) is 0 Å². The van der Waals surface area contributed by atoms with E-state index in [-0.39, 0.29) is 17.9 Å². The van der Waals surface area contributed by atoms with Crippen molar-refractivity contribution in [3.05, 3.63) is 96.1 Å². The predicted octanol–water partition coefficient (Wildman–Crippen LogP) is 4.32. The van der Waals surface area contributed by atoms with Crippen molar-refractivity contribution in [2.75, 3.05) is 12.0 Å². The Labute approximate surface area is 165 Å². The summed E-state index contributed by atoms with van der Waals surface area (Å²) in [5.74, 6) is 0.544. The van der Waals surface area contributed by atoms with Crippen LogP contribution in [0.15, 0.2) is 84.9 Å². The Morgan fingerprint density at radius 2 is 1.54 bits per heavy atom. The molecule has 3 aromatic carbocycles. The summed E-state index contributed by atoms with van der Waals surface area (Å²) in [5, 5.41) is 10.8. The van der Waals surface area contributed by atoms with Crippen LogP contribution < -0.4 is 9.64 Å². The molecule has 0 bridgehead atoms. The molecule has 1 amide bonds. The highest BCUT2D eigenvalue weighted by Gasteiger charge is 2.49. The van der Waals surface area contributed by atoms with Crippen LogP contribution in [0.3, 0.4) is 0 Å². The lowest BCUT2D eigenvalue weighted by molar-refractivity contribution is -0.127. The Morgan fingerprint density at radius 3 is 2.14 bits per heavy atom. The molecule has 142 valence electrons. The average Bonchev–Trinajstić information content (AvgIpc) is 2.75. The molecule has 3 atom stereocenters. The van der Waals surface area contributed by atoms with E-state index in [0.29, 0.717) is 6.42 Å². The maximum absolute atomic E-state index is 13.1. The molecule has 28 heavy (non-hydrogen) atoms. The molecule has 4 nitrogen and oxygen atoms in total. The minimum atomic E-state index is -0.633. The van der Waals surface area contributed by atoms with Crippen LogP contribution in [-0.4, -0.2) is 24.2 Å². The van der Waals surface area contributed by atoms with Crippen LogP contribution in [-0.2, 0) is 4.79 Å². The van der Waals surface area contributed by atoms with Gasteiger partial charge in [0.2, 0.25) is 5.91 Å². The molecule has 0 radical (unpaired) electrons. The summed E-state index contributed by atoms with van der Waals surface area (Å²) in [7, 11) is 1.62. The molecule has 0 aliphatic carbocycles. The van der Waals surface area contributed by atoms with Gasteiger partial charge < -0.3 is 14.7 Å². The second-order valence-electron chi connectivity index (χ2n) is 7.02. The zero-order valence-electron chi connectivity index (χ0n) is 15.7. The lowest BCUT2D eigenvalue weighted by Gasteiger charge is -2.48. The molecule has 0 unspecified atom stereocenters. The van der Waals surface area contributed by atoms with E-state index >= 15 is 0 Å². The SMILES string of the molecule is COc1ccc([C@H]2C(=O)N(c3ccccc3)[C@H]2C[C@@H](O)c2ccccc2)cc1. The Morgan fingerprint density at radius 1 is 0.929 bits per heavy atom. The number of rotatable bonds is 6. The number of aliphatic hydroxyl groups is 1. The van der Waals surface area contributed by atoms with Crippen molar-refractivity contribution in [3.63, 3.8) is 0 Å². The first-order chi connectivity index (χ1) is 13.7. The fourth-order valence-electron chi connectivity index (χ4n) is 3.91. The van der Waals surface area contributed by atoms with Crippen LogP contribution >= 0.6 is 0 Å². The highest BCUT2D eigenvalue weighted by atomic mass is 16.5. The molecular weight excluding hydrogens is 350 g/mol. The molecule has 1 heterocycles. The van der Waals surface area contributed by atoms with E-state index in [4.69, 9.17) is 4.74 Å². The van der Waals surface area contributed by atoms with Gasteiger partial charge in [0.05, 0.1) is 25.2 Å². The monoisotopic (exact) mass is 373 g/mol. The fourth-order valence-corrected chi connectivity index (χ4v) is 3.91. The highest BCUT2D eigenvalue weighted by molar-refractivity contribution is 6.06. The van der Waals surface area contributed by atoms with Gasteiger partial charge in [-0.2, -0.15) is 0 Å². The number of methoxy groups -OCH3 is 1. The van der Waals surface area contributed by atoms with E-state index in [1.54, 1.807) is 12.0 Å². The van der Waals surface area contributed by atoms with Gasteiger partial charge in [-0.25, -0.2) is 0 Å². The molecular formula is C24H23NO3. The quantitative estimate of drug-likeness (QED) is 0.655. The van der Waals surface area contributed by atoms with E-state index in [1.807, 2.05) is 84.9 Å². The third-order valence-corrected chi connectivity index (χ3v) is 5.38. The molecule has 0 aromatic heterocycles. The van der Waals surface area contributed by atoms with Gasteiger partial charge in [0, 0.05) is 5.69 Å². The lowest BCUT2D eigenvalue weighted by Crippen LogP contribution is -2.60. The van der Waals surface area contributed by atoms with Crippen molar-refractivity contribution in [2.45, 2.75) is 24.5 Å². The minimum Gasteiger partial charge on any atom is -0.497 e. The average molecular weight is 373 g/mol. The van der Waals surface area contributed by atoms with Gasteiger partial charge in [0.15, 0.2) is 0 Å². The molecule has 0 spiro atoms. The number of hydrogen-bond acceptors (Lipinski definition) is 3. The van der Waals surface area contributed by atoms with E-state index in [1.165, 1.54) is 0 Å². The molecule has 1 aliphatic rings. The zero-order valence-corrected chi connectivity index (χ0v) is 15.7. The minimum absolute atomic E-state index is 0.0571. The number of ether oxygens (including phenoxy) is 1. The van der Waals surface area contributed by atoms with E-state index in [9.17, 15) is 9.90 Å². The van der Waals surface area contributed by atoms with Crippen molar-refractivity contribution < 1.29 is 14.6 Å². The molecule has 4 rings (SSSR count). The summed E-state index contributed by atoms with van der Waals surface area (Å²) in [6.07, 6.45) is -0.160. The lowest BCUT2D eigenvalue weighted by atomic mass is 9.77. The van der Waals surface area contributed by atoms with Crippen molar-refractivity contribution in [2.24, 2.45) is 0 Å². The summed E-state index contributed by atoms with van der Waals surface area (Å²) in [5.41, 5.74) is 2.68. The topological polar surface area (TPSA) is 49.8 Å². The molecule has 3 aromatic rings. The van der Waals surface area contributed by atoms with Gasteiger partial charge in [-0.3, -0.25) is 4.79 Å². The highest BCUT2D eigenvalue weighted by Crippen LogP contribution is 2.43. The van der Waals surface area contributed by atoms with Crippen LogP contribution in [0.4, 0.5) is 5.69 Å². The number of carbonyl (C=O) groups excluding carboxylic acids is 1. The third kappa shape index (κ3) is 3.39. The maximum Gasteiger partial charge on any atom is 0.236 e. The Bertz CT molecular complexity index is 925. The Kier molecular flexibility index (Phi) is 5.13. The van der Waals surface area contributed by atoms with Gasteiger partial charge in [-0.05, 0) is 41.8 Å². The van der Waals surface area contributed by atoms with Gasteiger partial charge in [-0.15, -0.1) is 0 Å². The van der Waals surface area contributed by atoms with E-state index < -0.39 is 6.10 Å². The number of β-lactam (4-membered cyclic amide) rings is 1. The molecule has 0 saturated carbocycles. The maximum atomic E-state index is 13.1. The number of anilines is 1. The first-order valence-electron chi connectivity index (χ1n) is 9.44. The van der Waals surface area contributed by atoms with Crippen LogP contribution in [0.2, 0.25) is 0 Å². The van der Waals surface area contributed by atoms with Crippen molar-refractivity contribution >= 4 is 11.6 Å². The molecule has 1 fully saturated rings. The van der Waals surface area contributed by atoms with Gasteiger partial charge in [-0.1, -0.05) is 60.7 Å². The molecule has 4 heteroatoms. The van der Waals surface area contributed by atoms with Crippen LogP contribution in [0, 0.1) is 0 Å². The molecule has 1 saturated heterocycles. The van der Waals surface area contributed by atoms with Crippen molar-refractivity contribution in [1.29, 1.82) is 0 Å². The number of nitrogens with zero attached hydrogens (tertiary/aromatic N) is 1. The Balaban J connectivity index is 1.63. The number of amides is 1. The smallest absolute Gasteiger partial charge is 0.236 e. The van der Waals surface area contributed by atoms with Crippen LogP contribution in [0.5, 0.6) is 5.75 Å². The molecule has 1 N–H and O–H groups in total. The predicted molar refractivity (Wildman–Crippen MR) is 109 cm³/mol. The third-order valence-electron chi connectivity index (χ3n) is 5.38. The number of aliphatic hydroxyl groups excluding tert-OH is 1. The number of hydrogen-bond donors (Lipinski definition) is 1. The summed E-state index contributed by atoms with van der Waals surface area (Å²) >= 11 is 0. The summed E-state index contributed by atoms with van der Waals surface area (Å²) < 4.78 is 5.23. The Hall–Kier alpha value is -3.11.